The molecule has 2 aromatic heterocycles. The van der Waals surface area contributed by atoms with E-state index in [2.05, 4.69) is 30.1 Å². The number of carbonyl (C=O) groups is 3. The summed E-state index contributed by atoms with van der Waals surface area (Å²) in [6, 6.07) is 34.3. The number of halogens is 6. The van der Waals surface area contributed by atoms with Crippen molar-refractivity contribution in [1.29, 1.82) is 0 Å². The first kappa shape index (κ1) is 52.4. The smallest absolute Gasteiger partial charge is 0.478 e. The second-order valence-electron chi connectivity index (χ2n) is 17.0. The molecule has 2 fully saturated rings. The number of ether oxygens (including phenoxy) is 3. The van der Waals surface area contributed by atoms with Crippen LogP contribution in [0.1, 0.15) is 97.8 Å². The predicted octanol–water partition coefficient (Wildman–Crippen LogP) is 14.4. The van der Waals surface area contributed by atoms with Gasteiger partial charge in [0.25, 0.3) is 0 Å². The second kappa shape index (κ2) is 22.8. The highest BCUT2D eigenvalue weighted by Gasteiger charge is 2.32. The molecule has 12 nitrogen and oxygen atoms in total. The van der Waals surface area contributed by atoms with Crippen molar-refractivity contribution in [3.05, 3.63) is 179 Å². The fourth-order valence-corrected chi connectivity index (χ4v) is 7.70. The molecule has 73 heavy (non-hydrogen) atoms. The number of aryl methyl sites for hydroxylation is 2. The SMILES string of the molecule is CCOC(=O)c1cc(C2CC2)ccc1Nc1cnc(-c2cccc(OC(F)(F)F)c2)c(C)c1.Cc1cc(Nc2ccc(C3CC3)cc2C(=O)O)cnc1-c1cccc(OC(F)(F)F)c1.O=C(O)c1ccccc1. The van der Waals surface area contributed by atoms with Crippen LogP contribution in [0.4, 0.5) is 49.1 Å². The molecule has 0 amide bonds. The minimum absolute atomic E-state index is 0.183. The Balaban J connectivity index is 0.000000183. The van der Waals surface area contributed by atoms with Crippen LogP contribution in [-0.4, -0.2) is 57.4 Å². The van der Waals surface area contributed by atoms with E-state index in [1.807, 2.05) is 37.3 Å². The molecule has 0 bridgehead atoms. The molecule has 2 aliphatic rings. The molecular weight excluding hydrogens is 959 g/mol. The molecule has 2 heterocycles. The number of nitrogens with zero attached hydrogens (tertiary/aromatic N) is 2. The Labute approximate surface area is 415 Å². The largest absolute Gasteiger partial charge is 0.573 e. The summed E-state index contributed by atoms with van der Waals surface area (Å²) in [6.45, 7) is 5.63. The van der Waals surface area contributed by atoms with Crippen LogP contribution in [-0.2, 0) is 4.74 Å². The van der Waals surface area contributed by atoms with Crippen LogP contribution < -0.4 is 20.1 Å². The van der Waals surface area contributed by atoms with Crippen molar-refractivity contribution >= 4 is 40.7 Å². The van der Waals surface area contributed by atoms with Crippen LogP contribution in [0.5, 0.6) is 11.5 Å². The fraction of sp³-hybridized carbons (Fsp3) is 0.218. The van der Waals surface area contributed by atoms with E-state index in [4.69, 9.17) is 9.84 Å². The maximum atomic E-state index is 12.5. The summed E-state index contributed by atoms with van der Waals surface area (Å²) >= 11 is 0. The topological polar surface area (TPSA) is 169 Å². The average Bonchev–Trinajstić information content (AvgIpc) is 4.28. The number of carboxylic acid groups (broad SMARTS) is 2. The summed E-state index contributed by atoms with van der Waals surface area (Å²) in [4.78, 5) is 43.2. The zero-order valence-electron chi connectivity index (χ0n) is 39.5. The van der Waals surface area contributed by atoms with Crippen molar-refractivity contribution in [2.75, 3.05) is 17.2 Å². The lowest BCUT2D eigenvalue weighted by molar-refractivity contribution is -0.275. The summed E-state index contributed by atoms with van der Waals surface area (Å²) in [5.74, 6) is -2.00. The Kier molecular flexibility index (Phi) is 16.4. The Hall–Kier alpha value is -8.41. The van der Waals surface area contributed by atoms with Crippen molar-refractivity contribution in [2.45, 2.75) is 71.0 Å². The average molecular weight is 1010 g/mol. The Morgan fingerprint density at radius 3 is 1.41 bits per heavy atom. The van der Waals surface area contributed by atoms with E-state index in [0.29, 0.717) is 73.8 Å². The molecule has 18 heteroatoms. The van der Waals surface area contributed by atoms with Crippen LogP contribution >= 0.6 is 0 Å². The zero-order valence-corrected chi connectivity index (χ0v) is 39.5. The molecule has 0 spiro atoms. The van der Waals surface area contributed by atoms with E-state index < -0.39 is 30.6 Å². The molecule has 0 aliphatic heterocycles. The summed E-state index contributed by atoms with van der Waals surface area (Å²) in [7, 11) is 0. The van der Waals surface area contributed by atoms with Gasteiger partial charge in [0.05, 0.1) is 69.8 Å². The van der Waals surface area contributed by atoms with E-state index in [1.54, 1.807) is 80.7 Å². The van der Waals surface area contributed by atoms with Crippen molar-refractivity contribution in [2.24, 2.45) is 0 Å². The second-order valence-corrected chi connectivity index (χ2v) is 17.0. The first-order valence-electron chi connectivity index (χ1n) is 22.9. The van der Waals surface area contributed by atoms with E-state index in [1.165, 1.54) is 42.6 Å². The number of alkyl halides is 6. The minimum Gasteiger partial charge on any atom is -0.478 e. The number of benzene rings is 5. The van der Waals surface area contributed by atoms with Gasteiger partial charge in [0.2, 0.25) is 0 Å². The van der Waals surface area contributed by atoms with Gasteiger partial charge >= 0.3 is 30.6 Å². The predicted molar refractivity (Wildman–Crippen MR) is 262 cm³/mol. The van der Waals surface area contributed by atoms with Crippen molar-refractivity contribution in [3.63, 3.8) is 0 Å². The third-order valence-electron chi connectivity index (χ3n) is 11.3. The van der Waals surface area contributed by atoms with Crippen LogP contribution in [0.2, 0.25) is 0 Å². The summed E-state index contributed by atoms with van der Waals surface area (Å²) in [6.07, 6.45) is -2.06. The van der Waals surface area contributed by atoms with E-state index >= 15 is 0 Å². The molecular formula is C55H48F6N4O8. The molecule has 5 aromatic carbocycles. The number of aromatic nitrogens is 2. The van der Waals surface area contributed by atoms with Gasteiger partial charge in [-0.1, -0.05) is 54.6 Å². The van der Waals surface area contributed by atoms with Gasteiger partial charge in [-0.25, -0.2) is 14.4 Å². The molecule has 2 aliphatic carbocycles. The van der Waals surface area contributed by atoms with Gasteiger partial charge in [-0.3, -0.25) is 9.97 Å². The lowest BCUT2D eigenvalue weighted by Gasteiger charge is -2.15. The number of nitrogens with one attached hydrogen (secondary N) is 2. The van der Waals surface area contributed by atoms with Crippen LogP contribution in [0.25, 0.3) is 22.5 Å². The number of aromatic carboxylic acids is 2. The summed E-state index contributed by atoms with van der Waals surface area (Å²) in [5.41, 5.74) is 8.85. The summed E-state index contributed by atoms with van der Waals surface area (Å²) < 4.78 is 88.3. The highest BCUT2D eigenvalue weighted by atomic mass is 19.4. The molecule has 2 saturated carbocycles. The number of anilines is 4. The lowest BCUT2D eigenvalue weighted by Crippen LogP contribution is -2.17. The van der Waals surface area contributed by atoms with Gasteiger partial charge in [0.15, 0.2) is 0 Å². The Bertz CT molecular complexity index is 3100. The highest BCUT2D eigenvalue weighted by Crippen LogP contribution is 2.43. The van der Waals surface area contributed by atoms with E-state index in [9.17, 15) is 45.8 Å². The number of rotatable bonds is 14. The standard InChI is InChI=1S/C25H23F3N2O3.C23H19F3N2O3.C7H6O2/c1-3-32-24(31)21-13-17(16-7-8-16)9-10-22(21)30-19-11-15(2)23(29-14-19)18-5-4-6-20(12-18)33-25(26,27)28;1-13-9-17(28-20-8-7-15(14-5-6-14)11-19(20)22(29)30)12-27-21(13)16-3-2-4-18(10-16)31-23(24,25)26;8-7(9)6-4-2-1-3-5-6/h4-6,9-14,16,30H,3,7-8H2,1-2H3;2-4,7-12,14,28H,5-6H2,1H3,(H,29,30);1-5H,(H,8,9). The molecule has 9 rings (SSSR count). The van der Waals surface area contributed by atoms with Gasteiger partial charge in [0, 0.05) is 11.1 Å². The third-order valence-corrected chi connectivity index (χ3v) is 11.3. The number of pyridine rings is 2. The van der Waals surface area contributed by atoms with Crippen molar-refractivity contribution in [3.8, 4) is 34.0 Å². The molecule has 0 unspecified atom stereocenters. The highest BCUT2D eigenvalue weighted by molar-refractivity contribution is 5.97. The third kappa shape index (κ3) is 15.1. The van der Waals surface area contributed by atoms with Gasteiger partial charge in [-0.05, 0) is 153 Å². The molecule has 0 saturated heterocycles. The minimum atomic E-state index is -4.77. The van der Waals surface area contributed by atoms with E-state index in [0.717, 1.165) is 42.4 Å². The number of hydrogen-bond donors (Lipinski definition) is 4. The molecule has 378 valence electrons. The van der Waals surface area contributed by atoms with Crippen molar-refractivity contribution < 1.29 is 65.1 Å². The van der Waals surface area contributed by atoms with Gasteiger partial charge < -0.3 is 35.1 Å². The molecule has 7 aromatic rings. The molecule has 0 atom stereocenters. The normalized spacial score (nSPS) is 13.0. The molecule has 0 radical (unpaired) electrons. The van der Waals surface area contributed by atoms with E-state index in [-0.39, 0.29) is 23.7 Å². The van der Waals surface area contributed by atoms with Gasteiger partial charge in [-0.2, -0.15) is 0 Å². The Morgan fingerprint density at radius 2 is 1.03 bits per heavy atom. The number of hydrogen-bond acceptors (Lipinski definition) is 10. The van der Waals surface area contributed by atoms with Crippen LogP contribution in [0, 0.1) is 13.8 Å². The monoisotopic (exact) mass is 1010 g/mol. The van der Waals surface area contributed by atoms with Crippen LogP contribution in [0.15, 0.2) is 140 Å². The quantitative estimate of drug-likeness (QED) is 0.0602. The Morgan fingerprint density at radius 1 is 0.575 bits per heavy atom. The molecule has 4 N–H and O–H groups in total. The summed E-state index contributed by atoms with van der Waals surface area (Å²) in [5, 5.41) is 24.3. The van der Waals surface area contributed by atoms with Crippen LogP contribution in [0.3, 0.4) is 0 Å². The van der Waals surface area contributed by atoms with Gasteiger partial charge in [0.1, 0.15) is 11.5 Å². The van der Waals surface area contributed by atoms with Gasteiger partial charge in [-0.15, -0.1) is 26.3 Å². The fourth-order valence-electron chi connectivity index (χ4n) is 7.70. The first-order valence-corrected chi connectivity index (χ1v) is 22.9. The number of carbonyl (C=O) groups excluding carboxylic acids is 1. The lowest BCUT2D eigenvalue weighted by atomic mass is 10.0. The van der Waals surface area contributed by atoms with Crippen molar-refractivity contribution in [1.82, 2.24) is 9.97 Å². The number of esters is 1. The first-order chi connectivity index (χ1) is 34.7. The zero-order chi connectivity index (χ0) is 52.5. The maximum absolute atomic E-state index is 12.5. The number of carboxylic acids is 2. The maximum Gasteiger partial charge on any atom is 0.573 e.